The number of ketones is 1. The van der Waals surface area contributed by atoms with E-state index in [2.05, 4.69) is 5.32 Å². The monoisotopic (exact) mass is 343 g/mol. The molecule has 1 N–H and O–H groups in total. The maximum Gasteiger partial charge on any atom is 0.338 e. The lowest BCUT2D eigenvalue weighted by atomic mass is 10.0. The maximum absolute atomic E-state index is 13.1. The van der Waals surface area contributed by atoms with Gasteiger partial charge in [0, 0.05) is 12.5 Å². The summed E-state index contributed by atoms with van der Waals surface area (Å²) in [7, 11) is 0. The highest BCUT2D eigenvalue weighted by Crippen LogP contribution is 2.14. The molecule has 0 saturated heterocycles. The Bertz CT molecular complexity index is 786. The Labute approximate surface area is 144 Å². The fourth-order valence-electron chi connectivity index (χ4n) is 2.26. The quantitative estimate of drug-likeness (QED) is 0.646. The van der Waals surface area contributed by atoms with Crippen molar-refractivity contribution in [2.75, 3.05) is 6.61 Å². The van der Waals surface area contributed by atoms with E-state index < -0.39 is 18.4 Å². The number of nitrogens with one attached hydrogen (secondary N) is 1. The van der Waals surface area contributed by atoms with Crippen LogP contribution in [-0.4, -0.2) is 24.3 Å². The van der Waals surface area contributed by atoms with E-state index in [0.717, 1.165) is 11.6 Å². The molecule has 2 aromatic carbocycles. The van der Waals surface area contributed by atoms with E-state index >= 15 is 0 Å². The molecule has 0 radical (unpaired) electrons. The van der Waals surface area contributed by atoms with Crippen LogP contribution in [0.4, 0.5) is 4.39 Å². The number of Topliss-reactive ketones (excluding diaryl/α,β-unsaturated/α-hetero) is 1. The lowest BCUT2D eigenvalue weighted by Crippen LogP contribution is -2.23. The van der Waals surface area contributed by atoms with Crippen molar-refractivity contribution in [2.24, 2.45) is 0 Å². The largest absolute Gasteiger partial charge is 0.454 e. The van der Waals surface area contributed by atoms with E-state index in [1.807, 2.05) is 6.92 Å². The second kappa shape index (κ2) is 8.19. The number of esters is 1. The lowest BCUT2D eigenvalue weighted by molar-refractivity contribution is -0.119. The molecule has 6 heteroatoms. The van der Waals surface area contributed by atoms with E-state index in [9.17, 15) is 18.8 Å². The molecule has 1 amide bonds. The smallest absolute Gasteiger partial charge is 0.338 e. The lowest BCUT2D eigenvalue weighted by Gasteiger charge is -2.13. The number of carbonyl (C=O) groups excluding carboxylic acids is 3. The maximum atomic E-state index is 13.1. The molecule has 25 heavy (non-hydrogen) atoms. The first-order valence-corrected chi connectivity index (χ1v) is 7.70. The van der Waals surface area contributed by atoms with Crippen molar-refractivity contribution in [1.29, 1.82) is 0 Å². The number of hydrogen-bond donors (Lipinski definition) is 1. The van der Waals surface area contributed by atoms with Crippen molar-refractivity contribution < 1.29 is 23.5 Å². The second-order valence-electron chi connectivity index (χ2n) is 5.55. The molecule has 0 aliphatic rings. The molecule has 0 aliphatic heterocycles. The minimum Gasteiger partial charge on any atom is -0.454 e. The molecular formula is C19H18FNO4. The zero-order valence-electron chi connectivity index (χ0n) is 13.9. The molecule has 0 fully saturated rings. The average Bonchev–Trinajstić information content (AvgIpc) is 2.59. The third-order valence-electron chi connectivity index (χ3n) is 3.55. The van der Waals surface area contributed by atoms with Crippen LogP contribution >= 0.6 is 0 Å². The summed E-state index contributed by atoms with van der Waals surface area (Å²) in [5, 5.41) is 2.75. The van der Waals surface area contributed by atoms with Gasteiger partial charge in [0.2, 0.25) is 5.91 Å². The number of hydrogen-bond acceptors (Lipinski definition) is 4. The normalized spacial score (nSPS) is 11.5. The van der Waals surface area contributed by atoms with Crippen LogP contribution in [0, 0.1) is 5.82 Å². The number of halogens is 1. The first-order valence-electron chi connectivity index (χ1n) is 7.70. The van der Waals surface area contributed by atoms with Crippen LogP contribution in [0.25, 0.3) is 0 Å². The number of ether oxygens (including phenoxy) is 1. The van der Waals surface area contributed by atoms with E-state index in [4.69, 9.17) is 4.74 Å². The summed E-state index contributed by atoms with van der Waals surface area (Å²) < 4.78 is 18.0. The third kappa shape index (κ3) is 5.24. The first-order chi connectivity index (χ1) is 11.9. The molecule has 5 nitrogen and oxygen atoms in total. The number of amides is 1. The molecule has 0 aliphatic carbocycles. The van der Waals surface area contributed by atoms with Gasteiger partial charge in [-0.3, -0.25) is 9.59 Å². The molecule has 0 heterocycles. The van der Waals surface area contributed by atoms with Crippen LogP contribution in [0.1, 0.15) is 46.2 Å². The molecule has 1 atom stereocenters. The third-order valence-corrected chi connectivity index (χ3v) is 3.55. The molecule has 0 unspecified atom stereocenters. The van der Waals surface area contributed by atoms with Gasteiger partial charge in [-0.05, 0) is 30.7 Å². The standard InChI is InChI=1S/C19H18FNO4/c1-12(21-13(2)22)14-6-8-15(9-7-14)18(23)11-25-19(24)16-4-3-5-17(20)10-16/h3-10,12H,11H2,1-2H3,(H,21,22)/t12-/m0/s1. The second-order valence-corrected chi connectivity index (χ2v) is 5.55. The van der Waals surface area contributed by atoms with Gasteiger partial charge in [0.1, 0.15) is 5.82 Å². The highest BCUT2D eigenvalue weighted by atomic mass is 19.1. The summed E-state index contributed by atoms with van der Waals surface area (Å²) >= 11 is 0. The van der Waals surface area contributed by atoms with Gasteiger partial charge in [-0.2, -0.15) is 0 Å². The Hall–Kier alpha value is -3.02. The van der Waals surface area contributed by atoms with Crippen LogP contribution in [0.5, 0.6) is 0 Å². The highest BCUT2D eigenvalue weighted by Gasteiger charge is 2.13. The fraction of sp³-hybridized carbons (Fsp3) is 0.211. The van der Waals surface area contributed by atoms with Gasteiger partial charge in [-0.15, -0.1) is 0 Å². The first kappa shape index (κ1) is 18.3. The summed E-state index contributed by atoms with van der Waals surface area (Å²) in [5.41, 5.74) is 1.28. The molecule has 0 spiro atoms. The molecule has 0 bridgehead atoms. The minimum atomic E-state index is -0.760. The molecule has 0 aromatic heterocycles. The minimum absolute atomic E-state index is 0.0484. The van der Waals surface area contributed by atoms with Crippen LogP contribution < -0.4 is 5.32 Å². The van der Waals surface area contributed by atoms with Crippen molar-refractivity contribution >= 4 is 17.7 Å². The summed E-state index contributed by atoms with van der Waals surface area (Å²) in [5.74, 6) is -1.83. The summed E-state index contributed by atoms with van der Waals surface area (Å²) in [6.45, 7) is 2.83. The van der Waals surface area contributed by atoms with Crippen LogP contribution in [0.3, 0.4) is 0 Å². The molecule has 2 aromatic rings. The zero-order valence-corrected chi connectivity index (χ0v) is 13.9. The van der Waals surface area contributed by atoms with E-state index in [1.54, 1.807) is 24.3 Å². The number of benzene rings is 2. The Morgan fingerprint density at radius 1 is 1.08 bits per heavy atom. The predicted octanol–water partition coefficient (Wildman–Crippen LogP) is 3.06. The van der Waals surface area contributed by atoms with Gasteiger partial charge >= 0.3 is 5.97 Å². The van der Waals surface area contributed by atoms with E-state index in [0.29, 0.717) is 5.56 Å². The van der Waals surface area contributed by atoms with Crippen molar-refractivity contribution in [3.05, 3.63) is 71.0 Å². The molecule has 0 saturated carbocycles. The van der Waals surface area contributed by atoms with Gasteiger partial charge in [-0.25, -0.2) is 9.18 Å². The number of carbonyl (C=O) groups is 3. The predicted molar refractivity (Wildman–Crippen MR) is 89.7 cm³/mol. The summed E-state index contributed by atoms with van der Waals surface area (Å²) in [6.07, 6.45) is 0. The van der Waals surface area contributed by atoms with Crippen molar-refractivity contribution in [3.8, 4) is 0 Å². The van der Waals surface area contributed by atoms with Gasteiger partial charge in [-0.1, -0.05) is 30.3 Å². The SMILES string of the molecule is CC(=O)N[C@@H](C)c1ccc(C(=O)COC(=O)c2cccc(F)c2)cc1. The fourth-order valence-corrected chi connectivity index (χ4v) is 2.26. The Morgan fingerprint density at radius 3 is 2.36 bits per heavy atom. The topological polar surface area (TPSA) is 72.5 Å². The average molecular weight is 343 g/mol. The van der Waals surface area contributed by atoms with Gasteiger partial charge in [0.05, 0.1) is 11.6 Å². The van der Waals surface area contributed by atoms with Gasteiger partial charge in [0.15, 0.2) is 12.4 Å². The molecular weight excluding hydrogens is 325 g/mol. The molecule has 2 rings (SSSR count). The van der Waals surface area contributed by atoms with Gasteiger partial charge in [0.25, 0.3) is 0 Å². The highest BCUT2D eigenvalue weighted by molar-refractivity contribution is 5.99. The van der Waals surface area contributed by atoms with E-state index in [1.165, 1.54) is 25.1 Å². The van der Waals surface area contributed by atoms with E-state index in [-0.39, 0.29) is 23.3 Å². The Morgan fingerprint density at radius 2 is 1.76 bits per heavy atom. The number of rotatable bonds is 6. The van der Waals surface area contributed by atoms with Gasteiger partial charge < -0.3 is 10.1 Å². The van der Waals surface area contributed by atoms with Crippen LogP contribution in [0.2, 0.25) is 0 Å². The van der Waals surface area contributed by atoms with Crippen LogP contribution in [0.15, 0.2) is 48.5 Å². The van der Waals surface area contributed by atoms with Crippen LogP contribution in [-0.2, 0) is 9.53 Å². The Balaban J connectivity index is 1.94. The Kier molecular flexibility index (Phi) is 6.00. The summed E-state index contributed by atoms with van der Waals surface area (Å²) in [4.78, 5) is 34.9. The van der Waals surface area contributed by atoms with Crippen molar-refractivity contribution in [2.45, 2.75) is 19.9 Å². The van der Waals surface area contributed by atoms with Crippen molar-refractivity contribution in [3.63, 3.8) is 0 Å². The summed E-state index contributed by atoms with van der Waals surface area (Å²) in [6, 6.07) is 11.5. The molecule has 130 valence electrons. The van der Waals surface area contributed by atoms with Crippen molar-refractivity contribution in [1.82, 2.24) is 5.32 Å². The zero-order chi connectivity index (χ0) is 18.4.